The molecule has 0 saturated carbocycles. The van der Waals surface area contributed by atoms with Gasteiger partial charge in [-0.05, 0) is 13.8 Å². The van der Waals surface area contributed by atoms with Crippen LogP contribution in [0.25, 0.3) is 0 Å². The molecule has 0 fully saturated rings. The third-order valence-electron chi connectivity index (χ3n) is 0.972. The van der Waals surface area contributed by atoms with Crippen molar-refractivity contribution in [1.29, 1.82) is 0 Å². The maximum Gasteiger partial charge on any atom is 1.00 e. The number of hydrogen-bond acceptors (Lipinski definition) is 3. The Balaban J connectivity index is 0.000000640. The molecule has 1 aliphatic rings. The van der Waals surface area contributed by atoms with Crippen molar-refractivity contribution < 1.29 is 34.4 Å². The Bertz CT molecular complexity index is 135. The predicted octanol–water partition coefficient (Wildman–Crippen LogP) is -1.95. The van der Waals surface area contributed by atoms with E-state index in [1.54, 1.807) is 0 Å². The van der Waals surface area contributed by atoms with Gasteiger partial charge in [-0.3, -0.25) is 0 Å². The summed E-state index contributed by atoms with van der Waals surface area (Å²) in [5, 5.41) is 4.30. The Hall–Kier alpha value is 0.690. The van der Waals surface area contributed by atoms with Crippen LogP contribution in [0.3, 0.4) is 0 Å². The van der Waals surface area contributed by atoms with Crippen LogP contribution < -0.4 is 29.6 Å². The summed E-state index contributed by atoms with van der Waals surface area (Å²) in [5.41, 5.74) is -0.142. The third kappa shape index (κ3) is 2.85. The zero-order valence-corrected chi connectivity index (χ0v) is 8.79. The van der Waals surface area contributed by atoms with Gasteiger partial charge in [-0.25, -0.2) is 0 Å². The number of rotatable bonds is 0. The smallest absolute Gasteiger partial charge is 0.761 e. The molecule has 0 aromatic rings. The number of nitrogens with zero attached hydrogens (tertiary/aromatic N) is 1. The van der Waals surface area contributed by atoms with Crippen molar-refractivity contribution >= 4 is 17.7 Å². The van der Waals surface area contributed by atoms with Crippen LogP contribution >= 0.6 is 0 Å². The monoisotopic (exact) mass is 153 g/mol. The Morgan fingerprint density at radius 2 is 2.22 bits per heavy atom. The molecule has 0 saturated heterocycles. The van der Waals surface area contributed by atoms with E-state index in [0.29, 0.717) is 5.04 Å². The molecule has 0 atom stereocenters. The number of hydrogen-bond donors (Lipinski definition) is 0. The van der Waals surface area contributed by atoms with E-state index in [2.05, 4.69) is 5.16 Å². The Morgan fingerprint density at radius 3 is 2.33 bits per heavy atom. The van der Waals surface area contributed by atoms with Crippen molar-refractivity contribution in [3.05, 3.63) is 0 Å². The predicted molar refractivity (Wildman–Crippen MR) is 34.6 cm³/mol. The second-order valence-electron chi connectivity index (χ2n) is 2.51. The van der Waals surface area contributed by atoms with Crippen molar-refractivity contribution in [2.45, 2.75) is 25.9 Å². The first-order chi connectivity index (χ1) is 3.60. The maximum absolute atomic E-state index is 4.94. The Morgan fingerprint density at radius 1 is 1.67 bits per heavy atom. The van der Waals surface area contributed by atoms with Crippen LogP contribution in [-0.2, 0) is 17.5 Å². The van der Waals surface area contributed by atoms with Crippen molar-refractivity contribution in [3.8, 4) is 0 Å². The summed E-state index contributed by atoms with van der Waals surface area (Å²) >= 11 is 4.78. The number of oxime groups is 1. The first-order valence-corrected chi connectivity index (χ1v) is 2.93. The van der Waals surface area contributed by atoms with Crippen LogP contribution in [-0.4, -0.2) is 10.6 Å². The summed E-state index contributed by atoms with van der Waals surface area (Å²) < 4.78 is 0. The standard InChI is InChI=1S/C5H9NOS.Na/c1-5(2)3-4(8)6-7-5;/h3H2,1-2H3,(H,6,8);/q;+1/p-1. The van der Waals surface area contributed by atoms with Gasteiger partial charge in [-0.1, -0.05) is 5.04 Å². The topological polar surface area (TPSA) is 21.6 Å². The van der Waals surface area contributed by atoms with Gasteiger partial charge in [0.05, 0.1) is 0 Å². The second kappa shape index (κ2) is 3.19. The van der Waals surface area contributed by atoms with Gasteiger partial charge in [-0.15, -0.1) is 5.16 Å². The van der Waals surface area contributed by atoms with Gasteiger partial charge in [-0.2, -0.15) is 0 Å². The first-order valence-electron chi connectivity index (χ1n) is 2.52. The summed E-state index contributed by atoms with van der Waals surface area (Å²) in [6.45, 7) is 3.94. The van der Waals surface area contributed by atoms with E-state index in [0.717, 1.165) is 6.42 Å². The molecule has 0 N–H and O–H groups in total. The third-order valence-corrected chi connectivity index (χ3v) is 1.19. The Labute approximate surface area is 82.7 Å². The largest absolute Gasteiger partial charge is 1.00 e. The fourth-order valence-corrected chi connectivity index (χ4v) is 0.988. The van der Waals surface area contributed by atoms with Crippen LogP contribution in [0.4, 0.5) is 0 Å². The van der Waals surface area contributed by atoms with E-state index in [4.69, 9.17) is 17.5 Å². The fourth-order valence-electron chi connectivity index (χ4n) is 0.603. The average molecular weight is 153 g/mol. The molecular weight excluding hydrogens is 145 g/mol. The van der Waals surface area contributed by atoms with E-state index in [1.165, 1.54) is 0 Å². The molecule has 9 heavy (non-hydrogen) atoms. The molecule has 1 heterocycles. The molecule has 0 aromatic heterocycles. The van der Waals surface area contributed by atoms with Crippen LogP contribution in [0.2, 0.25) is 0 Å². The summed E-state index contributed by atoms with van der Waals surface area (Å²) in [6, 6.07) is 0. The van der Waals surface area contributed by atoms with Gasteiger partial charge in [0.1, 0.15) is 5.60 Å². The molecule has 0 spiro atoms. The van der Waals surface area contributed by atoms with Gasteiger partial charge < -0.3 is 17.5 Å². The Kier molecular flexibility index (Phi) is 3.44. The average Bonchev–Trinajstić information content (AvgIpc) is 1.82. The van der Waals surface area contributed by atoms with Gasteiger partial charge in [0.25, 0.3) is 0 Å². The van der Waals surface area contributed by atoms with Crippen LogP contribution in [0.5, 0.6) is 0 Å². The zero-order valence-electron chi connectivity index (χ0n) is 5.97. The van der Waals surface area contributed by atoms with E-state index in [-0.39, 0.29) is 35.2 Å². The van der Waals surface area contributed by atoms with E-state index in [1.807, 2.05) is 13.8 Å². The van der Waals surface area contributed by atoms with Crippen LogP contribution in [0.15, 0.2) is 5.16 Å². The van der Waals surface area contributed by atoms with E-state index in [9.17, 15) is 0 Å². The van der Waals surface area contributed by atoms with E-state index >= 15 is 0 Å². The SMILES string of the molecule is CC1(C)CC([S-])=NO1.[Na+]. The van der Waals surface area contributed by atoms with Crippen molar-refractivity contribution in [1.82, 2.24) is 0 Å². The molecule has 1 aliphatic heterocycles. The molecule has 1 rings (SSSR count). The van der Waals surface area contributed by atoms with Crippen LogP contribution in [0, 0.1) is 0 Å². The minimum Gasteiger partial charge on any atom is -0.761 e. The van der Waals surface area contributed by atoms with Crippen molar-refractivity contribution in [2.75, 3.05) is 0 Å². The normalized spacial score (nSPS) is 21.8. The summed E-state index contributed by atoms with van der Waals surface area (Å²) in [7, 11) is 0. The maximum atomic E-state index is 4.94. The quantitative estimate of drug-likeness (QED) is 0.298. The molecular formula is C5H8NNaOS. The molecule has 4 heteroatoms. The molecule has 0 unspecified atom stereocenters. The zero-order chi connectivity index (χ0) is 6.20. The van der Waals surface area contributed by atoms with Gasteiger partial charge in [0.15, 0.2) is 0 Å². The molecule has 2 nitrogen and oxygen atoms in total. The minimum absolute atomic E-state index is 0. The van der Waals surface area contributed by atoms with Gasteiger partial charge in [0.2, 0.25) is 0 Å². The summed E-state index contributed by atoms with van der Waals surface area (Å²) in [4.78, 5) is 4.94. The fraction of sp³-hybridized carbons (Fsp3) is 0.800. The summed E-state index contributed by atoms with van der Waals surface area (Å²) in [6.07, 6.45) is 0.780. The van der Waals surface area contributed by atoms with Crippen LogP contribution in [0.1, 0.15) is 20.3 Å². The van der Waals surface area contributed by atoms with Crippen molar-refractivity contribution in [3.63, 3.8) is 0 Å². The summed E-state index contributed by atoms with van der Waals surface area (Å²) in [5.74, 6) is 0. The van der Waals surface area contributed by atoms with E-state index < -0.39 is 0 Å². The second-order valence-corrected chi connectivity index (χ2v) is 2.98. The molecule has 46 valence electrons. The molecule has 0 amide bonds. The first kappa shape index (κ1) is 9.69. The molecule has 0 bridgehead atoms. The van der Waals surface area contributed by atoms with Gasteiger partial charge in [0, 0.05) is 6.42 Å². The van der Waals surface area contributed by atoms with Gasteiger partial charge >= 0.3 is 29.6 Å². The molecule has 0 aliphatic carbocycles. The van der Waals surface area contributed by atoms with Crippen molar-refractivity contribution in [2.24, 2.45) is 5.16 Å². The molecule has 0 radical (unpaired) electrons. The molecule has 0 aromatic carbocycles. The minimum atomic E-state index is -0.142.